The largest absolute Gasteiger partial charge is 0.397 e. The van der Waals surface area contributed by atoms with Gasteiger partial charge in [-0.15, -0.1) is 0 Å². The molecule has 0 aliphatic carbocycles. The van der Waals surface area contributed by atoms with E-state index in [1.807, 2.05) is 17.0 Å². The molecule has 1 aromatic rings. The van der Waals surface area contributed by atoms with Crippen LogP contribution in [0.4, 0.5) is 11.4 Å². The Kier molecular flexibility index (Phi) is 3.75. The van der Waals surface area contributed by atoms with Crippen molar-refractivity contribution in [2.24, 2.45) is 0 Å². The first-order valence-corrected chi connectivity index (χ1v) is 6.44. The maximum absolute atomic E-state index is 11.4. The summed E-state index contributed by atoms with van der Waals surface area (Å²) in [6.07, 6.45) is 0.993. The molecule has 1 saturated heterocycles. The molecule has 1 aromatic carbocycles. The second kappa shape index (κ2) is 5.29. The number of nitrogens with two attached hydrogens (primary N) is 1. The van der Waals surface area contributed by atoms with Crippen LogP contribution in [0.1, 0.15) is 18.9 Å². The van der Waals surface area contributed by atoms with E-state index in [0.29, 0.717) is 0 Å². The topological polar surface area (TPSA) is 49.6 Å². The van der Waals surface area contributed by atoms with Crippen LogP contribution in [0.5, 0.6) is 0 Å². The fourth-order valence-electron chi connectivity index (χ4n) is 2.40. The molecular formula is C14H21N3O. The van der Waals surface area contributed by atoms with Crippen molar-refractivity contribution in [3.63, 3.8) is 0 Å². The van der Waals surface area contributed by atoms with Crippen molar-refractivity contribution in [3.8, 4) is 0 Å². The molecule has 98 valence electrons. The molecule has 0 unspecified atom stereocenters. The van der Waals surface area contributed by atoms with E-state index in [1.54, 1.807) is 6.92 Å². The van der Waals surface area contributed by atoms with Crippen LogP contribution in [0.15, 0.2) is 18.2 Å². The summed E-state index contributed by atoms with van der Waals surface area (Å²) in [4.78, 5) is 15.6. The molecule has 0 aromatic heterocycles. The van der Waals surface area contributed by atoms with Gasteiger partial charge in [0.05, 0.1) is 11.4 Å². The summed E-state index contributed by atoms with van der Waals surface area (Å²) < 4.78 is 0. The minimum atomic E-state index is 0.161. The first-order chi connectivity index (χ1) is 8.58. The van der Waals surface area contributed by atoms with Gasteiger partial charge in [-0.05, 0) is 31.0 Å². The zero-order chi connectivity index (χ0) is 13.1. The van der Waals surface area contributed by atoms with Crippen LogP contribution in [0.25, 0.3) is 0 Å². The number of nitrogen functional groups attached to an aromatic ring is 1. The molecule has 4 nitrogen and oxygen atoms in total. The minimum absolute atomic E-state index is 0.161. The molecule has 2 N–H and O–H groups in total. The lowest BCUT2D eigenvalue weighted by molar-refractivity contribution is -0.128. The van der Waals surface area contributed by atoms with Crippen molar-refractivity contribution in [2.45, 2.75) is 20.3 Å². The molecule has 2 rings (SSSR count). The fraction of sp³-hybridized carbons (Fsp3) is 0.500. The zero-order valence-electron chi connectivity index (χ0n) is 11.1. The summed E-state index contributed by atoms with van der Waals surface area (Å²) in [5, 5.41) is 0. The van der Waals surface area contributed by atoms with Crippen LogP contribution < -0.4 is 10.6 Å². The molecule has 0 bridgehead atoms. The Labute approximate surface area is 108 Å². The molecule has 1 aliphatic heterocycles. The van der Waals surface area contributed by atoms with E-state index in [9.17, 15) is 4.79 Å². The molecular weight excluding hydrogens is 226 g/mol. The fourth-order valence-corrected chi connectivity index (χ4v) is 2.40. The first-order valence-electron chi connectivity index (χ1n) is 6.44. The number of carbonyl (C=O) groups excluding carboxylic acids is 1. The number of anilines is 2. The van der Waals surface area contributed by atoms with E-state index in [2.05, 4.69) is 17.9 Å². The molecule has 18 heavy (non-hydrogen) atoms. The highest BCUT2D eigenvalue weighted by atomic mass is 16.2. The van der Waals surface area contributed by atoms with E-state index in [4.69, 9.17) is 5.73 Å². The summed E-state index contributed by atoms with van der Waals surface area (Å²) in [6.45, 7) is 7.14. The molecule has 1 amide bonds. The third kappa shape index (κ3) is 2.75. The zero-order valence-corrected chi connectivity index (χ0v) is 11.1. The van der Waals surface area contributed by atoms with Gasteiger partial charge in [-0.25, -0.2) is 0 Å². The Bertz CT molecular complexity index is 445. The number of aryl methyl sites for hydroxylation is 1. The van der Waals surface area contributed by atoms with Gasteiger partial charge < -0.3 is 15.5 Å². The van der Waals surface area contributed by atoms with Crippen LogP contribution in [0.3, 0.4) is 0 Å². The van der Waals surface area contributed by atoms with E-state index < -0.39 is 0 Å². The van der Waals surface area contributed by atoms with E-state index in [-0.39, 0.29) is 5.91 Å². The van der Waals surface area contributed by atoms with E-state index in [1.165, 1.54) is 5.56 Å². The monoisotopic (exact) mass is 247 g/mol. The maximum atomic E-state index is 11.4. The summed E-state index contributed by atoms with van der Waals surface area (Å²) in [7, 11) is 0. The molecule has 1 fully saturated rings. The maximum Gasteiger partial charge on any atom is 0.219 e. The van der Waals surface area contributed by atoms with Crippen molar-refractivity contribution in [1.29, 1.82) is 0 Å². The summed E-state index contributed by atoms with van der Waals surface area (Å²) >= 11 is 0. The number of hydrogen-bond donors (Lipinski definition) is 1. The molecule has 0 radical (unpaired) electrons. The van der Waals surface area contributed by atoms with Gasteiger partial charge in [-0.3, -0.25) is 4.79 Å². The summed E-state index contributed by atoms with van der Waals surface area (Å²) in [6, 6.07) is 6.11. The Hall–Kier alpha value is -1.71. The first kappa shape index (κ1) is 12.7. The standard InChI is InChI=1S/C14H21N3O/c1-11-4-5-13(15)14(10-11)17-7-3-6-16(8-9-17)12(2)18/h4-5,10H,3,6-9,15H2,1-2H3. The van der Waals surface area contributed by atoms with Crippen LogP contribution in [0.2, 0.25) is 0 Å². The van der Waals surface area contributed by atoms with Crippen LogP contribution in [0, 0.1) is 6.92 Å². The minimum Gasteiger partial charge on any atom is -0.397 e. The van der Waals surface area contributed by atoms with Gasteiger partial charge in [0.15, 0.2) is 0 Å². The molecule has 0 spiro atoms. The second-order valence-corrected chi connectivity index (χ2v) is 4.91. The van der Waals surface area contributed by atoms with Crippen molar-refractivity contribution in [2.75, 3.05) is 36.8 Å². The molecule has 1 aliphatic rings. The molecule has 4 heteroatoms. The number of carbonyl (C=O) groups is 1. The smallest absolute Gasteiger partial charge is 0.219 e. The summed E-state index contributed by atoms with van der Waals surface area (Å²) in [5.41, 5.74) is 9.17. The number of benzene rings is 1. The Morgan fingerprint density at radius 3 is 2.72 bits per heavy atom. The van der Waals surface area contributed by atoms with Gasteiger partial charge in [0.1, 0.15) is 0 Å². The van der Waals surface area contributed by atoms with E-state index in [0.717, 1.165) is 44.0 Å². The second-order valence-electron chi connectivity index (χ2n) is 4.91. The highest BCUT2D eigenvalue weighted by molar-refractivity contribution is 5.73. The van der Waals surface area contributed by atoms with Crippen molar-refractivity contribution in [3.05, 3.63) is 23.8 Å². The number of hydrogen-bond acceptors (Lipinski definition) is 3. The van der Waals surface area contributed by atoms with Gasteiger partial charge in [-0.1, -0.05) is 6.07 Å². The van der Waals surface area contributed by atoms with Crippen molar-refractivity contribution >= 4 is 17.3 Å². The van der Waals surface area contributed by atoms with Crippen LogP contribution in [-0.2, 0) is 4.79 Å². The lowest BCUT2D eigenvalue weighted by Crippen LogP contribution is -2.33. The van der Waals surface area contributed by atoms with E-state index >= 15 is 0 Å². The van der Waals surface area contributed by atoms with Crippen molar-refractivity contribution in [1.82, 2.24) is 4.90 Å². The number of nitrogens with zero attached hydrogens (tertiary/aromatic N) is 2. The predicted molar refractivity (Wildman–Crippen MR) is 74.7 cm³/mol. The van der Waals surface area contributed by atoms with Crippen LogP contribution >= 0.6 is 0 Å². The lowest BCUT2D eigenvalue weighted by Gasteiger charge is -2.25. The summed E-state index contributed by atoms with van der Waals surface area (Å²) in [5.74, 6) is 0.161. The van der Waals surface area contributed by atoms with Gasteiger partial charge >= 0.3 is 0 Å². The van der Waals surface area contributed by atoms with Gasteiger partial charge in [0.2, 0.25) is 5.91 Å². The van der Waals surface area contributed by atoms with Gasteiger partial charge in [-0.2, -0.15) is 0 Å². The van der Waals surface area contributed by atoms with Crippen molar-refractivity contribution < 1.29 is 4.79 Å². The Balaban J connectivity index is 2.14. The number of amides is 1. The average molecular weight is 247 g/mol. The Morgan fingerprint density at radius 1 is 1.22 bits per heavy atom. The Morgan fingerprint density at radius 2 is 2.00 bits per heavy atom. The normalized spacial score (nSPS) is 16.6. The molecule has 0 atom stereocenters. The third-order valence-electron chi connectivity index (χ3n) is 3.47. The number of rotatable bonds is 1. The highest BCUT2D eigenvalue weighted by Gasteiger charge is 2.17. The van der Waals surface area contributed by atoms with Gasteiger partial charge in [0.25, 0.3) is 0 Å². The highest BCUT2D eigenvalue weighted by Crippen LogP contribution is 2.25. The lowest BCUT2D eigenvalue weighted by atomic mass is 10.1. The molecule has 0 saturated carbocycles. The SMILES string of the molecule is CC(=O)N1CCCN(c2cc(C)ccc2N)CC1. The van der Waals surface area contributed by atoms with Gasteiger partial charge in [0, 0.05) is 33.1 Å². The van der Waals surface area contributed by atoms with Crippen LogP contribution in [-0.4, -0.2) is 37.0 Å². The third-order valence-corrected chi connectivity index (χ3v) is 3.47. The predicted octanol–water partition coefficient (Wildman–Crippen LogP) is 1.64. The average Bonchev–Trinajstić information content (AvgIpc) is 2.58. The molecule has 1 heterocycles. The quantitative estimate of drug-likeness (QED) is 0.767.